The summed E-state index contributed by atoms with van der Waals surface area (Å²) in [6.45, 7) is 2.20. The zero-order valence-corrected chi connectivity index (χ0v) is 10.8. The molecule has 6 heteroatoms. The first-order valence-corrected chi connectivity index (χ1v) is 5.98. The third-order valence-electron chi connectivity index (χ3n) is 2.42. The topological polar surface area (TPSA) is 67.8 Å². The molecule has 2 N–H and O–H groups in total. The van der Waals surface area contributed by atoms with Crippen LogP contribution in [-0.4, -0.2) is 44.6 Å². The van der Waals surface area contributed by atoms with Crippen LogP contribution in [-0.2, 0) is 9.47 Å². The monoisotopic (exact) mass is 271 g/mol. The molecule has 1 rings (SSSR count). The van der Waals surface area contributed by atoms with E-state index in [2.05, 4.69) is 5.32 Å². The summed E-state index contributed by atoms with van der Waals surface area (Å²) in [5.41, 5.74) is 0.339. The number of benzene rings is 1. The number of nitrogens with one attached hydrogen (secondary N) is 1. The minimum Gasteiger partial charge on any atom is -0.478 e. The molecule has 0 aliphatic carbocycles. The van der Waals surface area contributed by atoms with Crippen LogP contribution in [0.4, 0.5) is 10.1 Å². The predicted octanol–water partition coefficient (Wildman–Crippen LogP) is 1.99. The summed E-state index contributed by atoms with van der Waals surface area (Å²) in [5, 5.41) is 11.9. The Labute approximate surface area is 111 Å². The lowest BCUT2D eigenvalue weighted by Crippen LogP contribution is -2.11. The zero-order valence-electron chi connectivity index (χ0n) is 10.8. The highest BCUT2D eigenvalue weighted by molar-refractivity contribution is 5.94. The van der Waals surface area contributed by atoms with Gasteiger partial charge in [-0.2, -0.15) is 0 Å². The smallest absolute Gasteiger partial charge is 0.337 e. The molecule has 0 saturated heterocycles. The maximum absolute atomic E-state index is 12.9. The highest BCUT2D eigenvalue weighted by atomic mass is 19.1. The van der Waals surface area contributed by atoms with Crippen LogP contribution in [0.5, 0.6) is 0 Å². The average Bonchev–Trinajstić information content (AvgIpc) is 2.39. The van der Waals surface area contributed by atoms with Crippen LogP contribution < -0.4 is 5.32 Å². The first-order chi connectivity index (χ1) is 9.15. The molecule has 0 radical (unpaired) electrons. The van der Waals surface area contributed by atoms with Gasteiger partial charge >= 0.3 is 5.97 Å². The summed E-state index contributed by atoms with van der Waals surface area (Å²) >= 11 is 0. The van der Waals surface area contributed by atoms with Gasteiger partial charge in [-0.15, -0.1) is 0 Å². The fraction of sp³-hybridized carbons (Fsp3) is 0.462. The maximum atomic E-state index is 12.9. The molecule has 1 aromatic carbocycles. The van der Waals surface area contributed by atoms with Crippen molar-refractivity contribution < 1.29 is 23.8 Å². The number of ether oxygens (including phenoxy) is 2. The molecule has 0 amide bonds. The third kappa shape index (κ3) is 5.67. The van der Waals surface area contributed by atoms with Gasteiger partial charge in [0.15, 0.2) is 0 Å². The molecular formula is C13H18FNO4. The summed E-state index contributed by atoms with van der Waals surface area (Å²) in [5.74, 6) is -1.72. The number of hydrogen-bond donors (Lipinski definition) is 2. The van der Waals surface area contributed by atoms with E-state index in [1.54, 1.807) is 7.11 Å². The van der Waals surface area contributed by atoms with Gasteiger partial charge in [0, 0.05) is 25.9 Å². The second kappa shape index (κ2) is 8.44. The van der Waals surface area contributed by atoms with E-state index in [0.29, 0.717) is 32.1 Å². The molecule has 0 aromatic heterocycles. The van der Waals surface area contributed by atoms with Gasteiger partial charge in [0.05, 0.1) is 18.8 Å². The van der Waals surface area contributed by atoms with Crippen molar-refractivity contribution in [1.29, 1.82) is 0 Å². The molecule has 0 atom stereocenters. The lowest BCUT2D eigenvalue weighted by molar-refractivity contribution is 0.0696. The molecule has 1 aromatic rings. The lowest BCUT2D eigenvalue weighted by atomic mass is 10.1. The molecule has 0 saturated carbocycles. The van der Waals surface area contributed by atoms with Gasteiger partial charge in [-0.05, 0) is 24.6 Å². The van der Waals surface area contributed by atoms with Crippen molar-refractivity contribution in [2.45, 2.75) is 6.42 Å². The Morgan fingerprint density at radius 3 is 2.84 bits per heavy atom. The summed E-state index contributed by atoms with van der Waals surface area (Å²) in [6, 6.07) is 3.65. The van der Waals surface area contributed by atoms with Crippen molar-refractivity contribution in [3.8, 4) is 0 Å². The Balaban J connectivity index is 2.35. The predicted molar refractivity (Wildman–Crippen MR) is 69.2 cm³/mol. The van der Waals surface area contributed by atoms with E-state index in [1.165, 1.54) is 12.1 Å². The van der Waals surface area contributed by atoms with Gasteiger partial charge in [-0.3, -0.25) is 0 Å². The van der Waals surface area contributed by atoms with E-state index >= 15 is 0 Å². The number of carbonyl (C=O) groups is 1. The van der Waals surface area contributed by atoms with E-state index < -0.39 is 11.8 Å². The van der Waals surface area contributed by atoms with Crippen LogP contribution in [0, 0.1) is 5.82 Å². The molecule has 0 fully saturated rings. The molecule has 106 valence electrons. The van der Waals surface area contributed by atoms with E-state index in [9.17, 15) is 9.18 Å². The first kappa shape index (κ1) is 15.4. The summed E-state index contributed by atoms with van der Waals surface area (Å²) < 4.78 is 23.0. The van der Waals surface area contributed by atoms with Gasteiger partial charge in [0.25, 0.3) is 0 Å². The van der Waals surface area contributed by atoms with E-state index in [1.807, 2.05) is 0 Å². The van der Waals surface area contributed by atoms with Crippen molar-refractivity contribution >= 4 is 11.7 Å². The van der Waals surface area contributed by atoms with Gasteiger partial charge in [-0.25, -0.2) is 9.18 Å². The minimum absolute atomic E-state index is 0.0692. The van der Waals surface area contributed by atoms with Crippen LogP contribution >= 0.6 is 0 Å². The maximum Gasteiger partial charge on any atom is 0.337 e. The standard InChI is InChI=1S/C13H18FNO4/c1-18-7-8-19-6-2-5-15-12-4-3-10(14)9-11(12)13(16)17/h3-4,9,15H,2,5-8H2,1H3,(H,16,17). The normalized spacial score (nSPS) is 10.4. The Hall–Kier alpha value is -1.66. The Morgan fingerprint density at radius 1 is 1.37 bits per heavy atom. The van der Waals surface area contributed by atoms with Crippen LogP contribution in [0.2, 0.25) is 0 Å². The number of hydrogen-bond acceptors (Lipinski definition) is 4. The Kier molecular flexibility index (Phi) is 6.84. The average molecular weight is 271 g/mol. The summed E-state index contributed by atoms with van der Waals surface area (Å²) in [4.78, 5) is 10.9. The van der Waals surface area contributed by atoms with Gasteiger partial charge in [0.2, 0.25) is 0 Å². The molecule has 0 spiro atoms. The number of aromatic carboxylic acids is 1. The van der Waals surface area contributed by atoms with Crippen molar-refractivity contribution in [2.75, 3.05) is 38.8 Å². The second-order valence-electron chi connectivity index (χ2n) is 3.88. The van der Waals surface area contributed by atoms with E-state index in [4.69, 9.17) is 14.6 Å². The Morgan fingerprint density at radius 2 is 2.16 bits per heavy atom. The molecule has 19 heavy (non-hydrogen) atoms. The second-order valence-corrected chi connectivity index (χ2v) is 3.88. The molecule has 0 aliphatic heterocycles. The lowest BCUT2D eigenvalue weighted by Gasteiger charge is -2.09. The molecular weight excluding hydrogens is 253 g/mol. The number of carboxylic acid groups (broad SMARTS) is 1. The van der Waals surface area contributed by atoms with E-state index in [0.717, 1.165) is 12.5 Å². The third-order valence-corrected chi connectivity index (χ3v) is 2.42. The molecule has 0 unspecified atom stereocenters. The highest BCUT2D eigenvalue weighted by Gasteiger charge is 2.10. The summed E-state index contributed by atoms with van der Waals surface area (Å²) in [6.07, 6.45) is 0.722. The number of carboxylic acids is 1. The largest absolute Gasteiger partial charge is 0.478 e. The number of methoxy groups -OCH3 is 1. The fourth-order valence-corrected chi connectivity index (χ4v) is 1.49. The number of anilines is 1. The highest BCUT2D eigenvalue weighted by Crippen LogP contribution is 2.16. The quantitative estimate of drug-likeness (QED) is 0.672. The summed E-state index contributed by atoms with van der Waals surface area (Å²) in [7, 11) is 1.60. The van der Waals surface area contributed by atoms with Gasteiger partial charge in [-0.1, -0.05) is 0 Å². The number of rotatable bonds is 9. The number of halogens is 1. The van der Waals surface area contributed by atoms with Crippen molar-refractivity contribution in [1.82, 2.24) is 0 Å². The van der Waals surface area contributed by atoms with Crippen molar-refractivity contribution in [3.63, 3.8) is 0 Å². The zero-order chi connectivity index (χ0) is 14.1. The van der Waals surface area contributed by atoms with Gasteiger partial charge < -0.3 is 19.9 Å². The SMILES string of the molecule is COCCOCCCNc1ccc(F)cc1C(=O)O. The van der Waals surface area contributed by atoms with Crippen LogP contribution in [0.3, 0.4) is 0 Å². The Bertz CT molecular complexity index is 412. The van der Waals surface area contributed by atoms with Gasteiger partial charge in [0.1, 0.15) is 5.82 Å². The van der Waals surface area contributed by atoms with Crippen molar-refractivity contribution in [3.05, 3.63) is 29.6 Å². The minimum atomic E-state index is -1.15. The van der Waals surface area contributed by atoms with Crippen molar-refractivity contribution in [2.24, 2.45) is 0 Å². The molecule has 5 nitrogen and oxygen atoms in total. The molecule has 0 bridgehead atoms. The van der Waals surface area contributed by atoms with Crippen LogP contribution in [0.15, 0.2) is 18.2 Å². The molecule has 0 aliphatic rings. The fourth-order valence-electron chi connectivity index (χ4n) is 1.49. The molecule has 0 heterocycles. The first-order valence-electron chi connectivity index (χ1n) is 5.98. The van der Waals surface area contributed by atoms with Crippen LogP contribution in [0.25, 0.3) is 0 Å². The van der Waals surface area contributed by atoms with Crippen LogP contribution in [0.1, 0.15) is 16.8 Å². The van der Waals surface area contributed by atoms with E-state index in [-0.39, 0.29) is 5.56 Å².